The van der Waals surface area contributed by atoms with Crippen LogP contribution in [-0.4, -0.2) is 11.4 Å². The molecule has 2 rings (SSSR count). The minimum Gasteiger partial charge on any atom is -0.383 e. The van der Waals surface area contributed by atoms with Crippen LogP contribution >= 0.6 is 11.5 Å². The Hall–Kier alpha value is -1.62. The van der Waals surface area contributed by atoms with Gasteiger partial charge in [0.25, 0.3) is 0 Å². The van der Waals surface area contributed by atoms with E-state index in [1.807, 2.05) is 24.1 Å². The third-order valence-electron chi connectivity index (χ3n) is 2.20. The quantitative estimate of drug-likeness (QED) is 0.891. The largest absolute Gasteiger partial charge is 0.383 e. The van der Waals surface area contributed by atoms with E-state index >= 15 is 0 Å². The predicted octanol–water partition coefficient (Wildman–Crippen LogP) is 2.50. The number of anilines is 2. The normalized spacial score (nSPS) is 10.4. The number of hydrogen-bond donors (Lipinski definition) is 1. The van der Waals surface area contributed by atoms with E-state index in [0.29, 0.717) is 12.4 Å². The van der Waals surface area contributed by atoms with Crippen LogP contribution in [0.4, 0.5) is 15.2 Å². The number of nitrogen functional groups attached to an aromatic ring is 1. The molecule has 0 unspecified atom stereocenters. The van der Waals surface area contributed by atoms with Crippen LogP contribution < -0.4 is 10.6 Å². The van der Waals surface area contributed by atoms with Crippen molar-refractivity contribution in [1.82, 2.24) is 4.37 Å². The summed E-state index contributed by atoms with van der Waals surface area (Å²) < 4.78 is 17.0. The zero-order chi connectivity index (χ0) is 11.5. The van der Waals surface area contributed by atoms with E-state index in [2.05, 4.69) is 4.37 Å². The fourth-order valence-corrected chi connectivity index (χ4v) is 2.07. The highest BCUT2D eigenvalue weighted by atomic mass is 32.1. The fourth-order valence-electron chi connectivity index (χ4n) is 1.45. The second-order valence-electron chi connectivity index (χ2n) is 3.58. The van der Waals surface area contributed by atoms with Crippen LogP contribution in [0.1, 0.15) is 5.56 Å². The van der Waals surface area contributed by atoms with Gasteiger partial charge in [-0.05, 0) is 29.2 Å². The van der Waals surface area contributed by atoms with E-state index in [-0.39, 0.29) is 5.82 Å². The van der Waals surface area contributed by atoms with Gasteiger partial charge in [-0.3, -0.25) is 0 Å². The lowest BCUT2D eigenvalue weighted by Gasteiger charge is -2.16. The zero-order valence-electron chi connectivity index (χ0n) is 8.85. The molecule has 1 heterocycles. The van der Waals surface area contributed by atoms with Gasteiger partial charge in [-0.1, -0.05) is 12.1 Å². The summed E-state index contributed by atoms with van der Waals surface area (Å²) in [6.45, 7) is 0.638. The number of hydrogen-bond acceptors (Lipinski definition) is 4. The Balaban J connectivity index is 2.10. The van der Waals surface area contributed by atoms with Crippen LogP contribution in [0.2, 0.25) is 0 Å². The molecule has 1 aromatic carbocycles. The molecule has 3 nitrogen and oxygen atoms in total. The van der Waals surface area contributed by atoms with Crippen molar-refractivity contribution >= 4 is 22.4 Å². The number of nitrogens with two attached hydrogens (primary N) is 1. The van der Waals surface area contributed by atoms with Crippen molar-refractivity contribution in [1.29, 1.82) is 0 Å². The minimum absolute atomic E-state index is 0.213. The Kier molecular flexibility index (Phi) is 3.05. The lowest BCUT2D eigenvalue weighted by Crippen LogP contribution is -2.15. The second kappa shape index (κ2) is 4.49. The van der Waals surface area contributed by atoms with Crippen molar-refractivity contribution in [2.75, 3.05) is 17.7 Å². The Morgan fingerprint density at radius 3 is 2.88 bits per heavy atom. The first-order chi connectivity index (χ1) is 7.65. The van der Waals surface area contributed by atoms with Crippen LogP contribution in [-0.2, 0) is 6.54 Å². The van der Waals surface area contributed by atoms with Crippen LogP contribution in [0.15, 0.2) is 30.3 Å². The van der Waals surface area contributed by atoms with E-state index in [4.69, 9.17) is 5.73 Å². The standard InChI is InChI=1S/C11H12FN3S/c1-15(11-6-10(13)14-16-11)7-8-3-2-4-9(12)5-8/h2-6H,7H2,1H3,(H2,13,14). The second-order valence-corrected chi connectivity index (χ2v) is 4.36. The van der Waals surface area contributed by atoms with Crippen LogP contribution in [0.25, 0.3) is 0 Å². The van der Waals surface area contributed by atoms with Crippen LogP contribution in [0, 0.1) is 5.82 Å². The van der Waals surface area contributed by atoms with Crippen molar-refractivity contribution < 1.29 is 4.39 Å². The van der Waals surface area contributed by atoms with Crippen molar-refractivity contribution in [2.24, 2.45) is 0 Å². The molecule has 0 spiro atoms. The highest BCUT2D eigenvalue weighted by Gasteiger charge is 2.06. The maximum absolute atomic E-state index is 13.0. The Labute approximate surface area is 97.5 Å². The Morgan fingerprint density at radius 1 is 1.44 bits per heavy atom. The molecule has 0 aliphatic carbocycles. The van der Waals surface area contributed by atoms with Gasteiger partial charge in [0.2, 0.25) is 0 Å². The average Bonchev–Trinajstić information content (AvgIpc) is 2.65. The van der Waals surface area contributed by atoms with Gasteiger partial charge < -0.3 is 10.6 Å². The molecule has 0 amide bonds. The lowest BCUT2D eigenvalue weighted by molar-refractivity contribution is 0.625. The molecule has 0 atom stereocenters. The first-order valence-electron chi connectivity index (χ1n) is 4.83. The molecule has 0 aliphatic rings. The summed E-state index contributed by atoms with van der Waals surface area (Å²) in [5.74, 6) is 0.306. The van der Waals surface area contributed by atoms with E-state index in [1.54, 1.807) is 6.07 Å². The monoisotopic (exact) mass is 237 g/mol. The summed E-state index contributed by atoms with van der Waals surface area (Å²) in [4.78, 5) is 1.99. The van der Waals surface area contributed by atoms with Gasteiger partial charge in [0.05, 0.1) is 0 Å². The molecule has 0 fully saturated rings. The van der Waals surface area contributed by atoms with E-state index in [0.717, 1.165) is 10.6 Å². The summed E-state index contributed by atoms with van der Waals surface area (Å²) in [6, 6.07) is 8.38. The van der Waals surface area contributed by atoms with Gasteiger partial charge in [0.1, 0.15) is 16.6 Å². The van der Waals surface area contributed by atoms with Crippen molar-refractivity contribution in [2.45, 2.75) is 6.54 Å². The smallest absolute Gasteiger partial charge is 0.139 e. The Morgan fingerprint density at radius 2 is 2.25 bits per heavy atom. The minimum atomic E-state index is -0.213. The average molecular weight is 237 g/mol. The van der Waals surface area contributed by atoms with Crippen LogP contribution in [0.5, 0.6) is 0 Å². The summed E-state index contributed by atoms with van der Waals surface area (Å²) in [5.41, 5.74) is 6.47. The summed E-state index contributed by atoms with van der Waals surface area (Å²) in [6.07, 6.45) is 0. The third kappa shape index (κ3) is 2.49. The number of benzene rings is 1. The zero-order valence-corrected chi connectivity index (χ0v) is 9.67. The van der Waals surface area contributed by atoms with Gasteiger partial charge in [-0.15, -0.1) is 0 Å². The highest BCUT2D eigenvalue weighted by molar-refractivity contribution is 7.10. The summed E-state index contributed by atoms with van der Waals surface area (Å²) >= 11 is 1.34. The van der Waals surface area contributed by atoms with Gasteiger partial charge >= 0.3 is 0 Å². The summed E-state index contributed by atoms with van der Waals surface area (Å²) in [5, 5.41) is 0.974. The first kappa shape index (κ1) is 10.9. The highest BCUT2D eigenvalue weighted by Crippen LogP contribution is 2.23. The maximum Gasteiger partial charge on any atom is 0.139 e. The fraction of sp³-hybridized carbons (Fsp3) is 0.182. The number of halogens is 1. The van der Waals surface area contributed by atoms with Gasteiger partial charge in [0, 0.05) is 19.7 Å². The molecule has 16 heavy (non-hydrogen) atoms. The van der Waals surface area contributed by atoms with Crippen LogP contribution in [0.3, 0.4) is 0 Å². The first-order valence-corrected chi connectivity index (χ1v) is 5.60. The molecule has 2 N–H and O–H groups in total. The third-order valence-corrected chi connectivity index (χ3v) is 3.12. The van der Waals surface area contributed by atoms with Gasteiger partial charge in [0.15, 0.2) is 0 Å². The SMILES string of the molecule is CN(Cc1cccc(F)c1)c1cc(N)ns1. The molecule has 0 bridgehead atoms. The Bertz CT molecular complexity index is 484. The lowest BCUT2D eigenvalue weighted by atomic mass is 10.2. The molecule has 0 saturated heterocycles. The van der Waals surface area contributed by atoms with Crippen molar-refractivity contribution in [3.63, 3.8) is 0 Å². The molecule has 0 aliphatic heterocycles. The molecular formula is C11H12FN3S. The van der Waals surface area contributed by atoms with E-state index < -0.39 is 0 Å². The van der Waals surface area contributed by atoms with E-state index in [1.165, 1.54) is 23.7 Å². The number of aromatic nitrogens is 1. The number of nitrogens with zero attached hydrogens (tertiary/aromatic N) is 2. The van der Waals surface area contributed by atoms with Gasteiger partial charge in [-0.25, -0.2) is 4.39 Å². The molecule has 5 heteroatoms. The predicted molar refractivity (Wildman–Crippen MR) is 65.0 cm³/mol. The van der Waals surface area contributed by atoms with Crippen molar-refractivity contribution in [3.05, 3.63) is 41.7 Å². The van der Waals surface area contributed by atoms with E-state index in [9.17, 15) is 4.39 Å². The molecule has 0 radical (unpaired) electrons. The van der Waals surface area contributed by atoms with Crippen molar-refractivity contribution in [3.8, 4) is 0 Å². The number of rotatable bonds is 3. The molecule has 2 aromatic rings. The molecule has 1 aromatic heterocycles. The molecule has 0 saturated carbocycles. The molecular weight excluding hydrogens is 225 g/mol. The maximum atomic E-state index is 13.0. The topological polar surface area (TPSA) is 42.1 Å². The van der Waals surface area contributed by atoms with Gasteiger partial charge in [-0.2, -0.15) is 4.37 Å². The summed E-state index contributed by atoms with van der Waals surface area (Å²) in [7, 11) is 1.93. The molecule has 84 valence electrons.